The highest BCUT2D eigenvalue weighted by Gasteiger charge is 2.42. The molecule has 0 bridgehead atoms. The first-order chi connectivity index (χ1) is 71.9. The number of nitrogens with one attached hydrogen (secondary N) is 16. The third kappa shape index (κ3) is 54.0. The number of allylic oxidation sites excluding steroid dienone is 1. The fourth-order valence-electron chi connectivity index (χ4n) is 16.6. The molecular weight excluding hydrogens is 1990 g/mol. The van der Waals surface area contributed by atoms with Gasteiger partial charge < -0.3 is 137 Å². The fraction of sp³-hybridized carbons (Fsp3) is 0.630. The normalized spacial score (nSPS) is 17.8. The molecule has 0 spiro atoms. The lowest BCUT2D eigenvalue weighted by Crippen LogP contribution is -2.61. The molecule has 3 aliphatic rings. The minimum absolute atomic E-state index is 0.00172. The van der Waals surface area contributed by atoms with Crippen LogP contribution in [0.1, 0.15) is 230 Å². The van der Waals surface area contributed by atoms with Crippen molar-refractivity contribution in [2.45, 2.75) is 299 Å². The zero-order valence-electron chi connectivity index (χ0n) is 85.8. The van der Waals surface area contributed by atoms with Crippen molar-refractivity contribution in [3.8, 4) is 0 Å². The van der Waals surface area contributed by atoms with Gasteiger partial charge in [0.25, 0.3) is 0 Å². The van der Waals surface area contributed by atoms with Gasteiger partial charge in [-0.1, -0.05) is 146 Å². The van der Waals surface area contributed by atoms with Crippen molar-refractivity contribution < 1.29 is 126 Å². The molecule has 50 heteroatoms. The summed E-state index contributed by atoms with van der Waals surface area (Å²) in [6, 6.07) is 0.576. The number of carbonyl (C=O) groups excluding carboxylic acids is 15. The molecule has 4 heterocycles. The van der Waals surface area contributed by atoms with Crippen molar-refractivity contribution in [1.29, 1.82) is 5.41 Å². The van der Waals surface area contributed by atoms with E-state index in [0.717, 1.165) is 74.0 Å². The number of carboxylic acids is 4. The Hall–Kier alpha value is -12.9. The molecule has 2 fully saturated rings. The molecule has 150 heavy (non-hydrogen) atoms. The van der Waals surface area contributed by atoms with E-state index in [-0.39, 0.29) is 192 Å². The van der Waals surface area contributed by atoms with E-state index in [9.17, 15) is 102 Å². The number of fused-ring (bicyclic) bond motifs is 1. The van der Waals surface area contributed by atoms with Gasteiger partial charge in [0, 0.05) is 112 Å². The first kappa shape index (κ1) is 128. The van der Waals surface area contributed by atoms with Crippen LogP contribution in [0.15, 0.2) is 77.6 Å². The number of guanidine groups is 1. The monoisotopic (exact) mass is 2150 g/mol. The molecule has 3 aromatic rings. The Morgan fingerprint density at radius 3 is 1.71 bits per heavy atom. The van der Waals surface area contributed by atoms with Crippen LogP contribution in [0.4, 0.5) is 0 Å². The second-order valence-corrected chi connectivity index (χ2v) is 39.6. The number of benzene rings is 2. The number of aliphatic imine (C=N–C) groups is 1. The van der Waals surface area contributed by atoms with Crippen molar-refractivity contribution in [3.05, 3.63) is 83.7 Å². The summed E-state index contributed by atoms with van der Waals surface area (Å²) < 4.78 is 11.0. The number of rotatable bonds is 66. The highest BCUT2D eigenvalue weighted by Crippen LogP contribution is 2.27. The molecule has 834 valence electrons. The van der Waals surface area contributed by atoms with Gasteiger partial charge in [-0.2, -0.15) is 0 Å². The number of nitrogens with two attached hydrogens (primary N) is 3. The number of likely N-dealkylation sites (tertiary alicyclic amines) is 1. The third-order valence-corrected chi connectivity index (χ3v) is 27.0. The summed E-state index contributed by atoms with van der Waals surface area (Å²) >= 11 is 0. The number of unbranched alkanes of at least 4 members (excludes halogenated alkanes) is 14. The number of para-hydroxylation sites is 1. The highest BCUT2D eigenvalue weighted by molar-refractivity contribution is 8.76. The van der Waals surface area contributed by atoms with Gasteiger partial charge >= 0.3 is 23.9 Å². The van der Waals surface area contributed by atoms with Crippen molar-refractivity contribution in [1.82, 2.24) is 89.2 Å². The SMILES string of the molecule is CC(=O)N[C@H]1CCSSCC[C@@H](C(=O)N[C@@H](CO)C(=O)N2CCC[C@H]2C(=O)N[C@@H](CCCCN)C(=O)N[C@@H](CCC(=O)O)C(=O)N[C@@H](CCCCN(CC(=O)O)CC(=O)O)C(=O)N[C@@H](CCCCNC(=O)COCCOCCNC(=O)CCCCCCCCCCCCCCC(=O)O)C(N)=O)NC(=O)[C@H](Cc2c[nH]c3ccccc23)NC(=O)[C@H](CCCNC(=N)N)NC(=O)CNC(=O)[C@H](CC2=CCC=N2)NC1=O.Cc1ccccc1. The average molecular weight is 2150 g/mol. The first-order valence-electron chi connectivity index (χ1n) is 51.5. The van der Waals surface area contributed by atoms with Crippen LogP contribution in [0.3, 0.4) is 0 Å². The van der Waals surface area contributed by atoms with Crippen LogP contribution < -0.4 is 91.6 Å². The van der Waals surface area contributed by atoms with Gasteiger partial charge in [0.2, 0.25) is 88.6 Å². The van der Waals surface area contributed by atoms with Gasteiger partial charge in [0.1, 0.15) is 73.1 Å². The molecule has 2 saturated heterocycles. The van der Waals surface area contributed by atoms with Crippen LogP contribution in [-0.4, -0.2) is 335 Å². The molecule has 0 radical (unpaired) electrons. The van der Waals surface area contributed by atoms with Crippen LogP contribution in [0.5, 0.6) is 0 Å². The summed E-state index contributed by atoms with van der Waals surface area (Å²) in [7, 11) is 2.39. The first-order valence-corrected chi connectivity index (χ1v) is 54.0. The van der Waals surface area contributed by atoms with E-state index in [1.165, 1.54) is 46.9 Å². The molecule has 48 nitrogen and oxygen atoms in total. The molecule has 1 aromatic heterocycles. The molecule has 0 aliphatic carbocycles. The van der Waals surface area contributed by atoms with Crippen LogP contribution in [0.2, 0.25) is 0 Å². The summed E-state index contributed by atoms with van der Waals surface area (Å²) in [5, 5.41) is 93.8. The maximum atomic E-state index is 15.2. The van der Waals surface area contributed by atoms with Gasteiger partial charge in [0.05, 0.1) is 46.1 Å². The summed E-state index contributed by atoms with van der Waals surface area (Å²) in [4.78, 5) is 267. The molecule has 11 atom stereocenters. The maximum Gasteiger partial charge on any atom is 0.317 e. The molecule has 27 N–H and O–H groups in total. The summed E-state index contributed by atoms with van der Waals surface area (Å²) in [6.07, 6.45) is 16.9. The predicted molar refractivity (Wildman–Crippen MR) is 560 cm³/mol. The van der Waals surface area contributed by atoms with Crippen molar-refractivity contribution >= 4 is 157 Å². The quantitative estimate of drug-likeness (QED) is 0.0162. The third-order valence-electron chi connectivity index (χ3n) is 24.6. The van der Waals surface area contributed by atoms with E-state index in [1.54, 1.807) is 42.8 Å². The van der Waals surface area contributed by atoms with Crippen LogP contribution in [0, 0.1) is 12.3 Å². The molecule has 0 saturated carbocycles. The largest absolute Gasteiger partial charge is 0.481 e. The molecule has 6 rings (SSSR count). The predicted octanol–water partition coefficient (Wildman–Crippen LogP) is 0.962. The number of aliphatic hydroxyl groups excluding tert-OH is 1. The summed E-state index contributed by atoms with van der Waals surface area (Å²) in [6.45, 7) is 0.500. The topological polar surface area (TPSA) is 749 Å². The Balaban J connectivity index is 0.00000540. The second kappa shape index (κ2) is 74.1. The molecule has 2 aromatic carbocycles. The number of aliphatic carboxylic acids is 4. The van der Waals surface area contributed by atoms with Gasteiger partial charge in [-0.05, 0) is 147 Å². The molecule has 3 aliphatic heterocycles. The van der Waals surface area contributed by atoms with Crippen LogP contribution in [-0.2, 0) is 107 Å². The highest BCUT2D eigenvalue weighted by atomic mass is 33.1. The number of hydrogen-bond donors (Lipinski definition) is 24. The van der Waals surface area contributed by atoms with E-state index in [2.05, 4.69) is 103 Å². The Morgan fingerprint density at radius 2 is 1.11 bits per heavy atom. The number of nitrogens with zero attached hydrogens (tertiary/aromatic N) is 3. The van der Waals surface area contributed by atoms with Crippen molar-refractivity contribution in [2.75, 3.05) is 103 Å². The van der Waals surface area contributed by atoms with E-state index in [0.29, 0.717) is 41.5 Å². The van der Waals surface area contributed by atoms with E-state index < -0.39 is 218 Å². The number of ether oxygens (including phenoxy) is 2. The lowest BCUT2D eigenvalue weighted by atomic mass is 10.0. The number of carbonyl (C=O) groups is 19. The zero-order valence-corrected chi connectivity index (χ0v) is 87.5. The van der Waals surface area contributed by atoms with E-state index in [1.807, 2.05) is 18.2 Å². The van der Waals surface area contributed by atoms with Crippen molar-refractivity contribution in [2.24, 2.45) is 22.2 Å². The standard InChI is InChI=1S/C93H148N22O26S2.C7H8/c1-59(117)104-69-37-49-142-143-50-38-70(109-90(137)71(51-60-53-102-63-27-15-14-26-62(60)63)111-84(131)65(31-23-42-101-93(96)97)105-76(119)54-103-83(130)72(112-88(69)135)52-61-25-22-41-98-61)89(136)113-73(57-116)92(139)115-45-24-32-74(115)91(138)110-67(29-16-19-39-94)86(133)108-68(35-36-79(123)124)87(134)107-66(30-18-21-44-114(55-80(125)126)56-81(127)128)85(132)106-64(82(95)129)28-17-20-40-99-77(120)58-141-48-47-140-46-43-100-75(118)33-12-10-8-6-4-2-3-5-7-9-11-13-34-78(121)122;1-7-5-3-2-4-6-7/h14-15,25-27,41,53,64-74,102,116H,2-13,16-24,28-40,42-52,54-58,94H2,1H3,(H2,95,129)(H,99,120)(H,100,118)(H,103,130)(H,104,117)(H,105,119)(H,106,132)(H,107,134)(H,108,133)(H,109,137)(H,110,138)(H,111,131)(H,112,135)(H,113,136)(H,121,122)(H,123,124)(H,125,126)(H,127,128)(H4,96,97,101);2-6H,1H3/t64-,65-,66-,67-,68-,69-,70-,71-,72-,73-,74-;/m0./s1. The number of amides is 15. The van der Waals surface area contributed by atoms with Gasteiger partial charge in [-0.25, -0.2) is 0 Å². The van der Waals surface area contributed by atoms with Gasteiger partial charge in [-0.3, -0.25) is 106 Å². The lowest BCUT2D eigenvalue weighted by Gasteiger charge is -2.30. The second-order valence-electron chi connectivity index (χ2n) is 36.9. The van der Waals surface area contributed by atoms with Gasteiger partial charge in [-0.15, -0.1) is 0 Å². The number of H-pyrrole nitrogens is 1. The van der Waals surface area contributed by atoms with Gasteiger partial charge in [0.15, 0.2) is 5.96 Å². The minimum atomic E-state index is -1.84. The Morgan fingerprint density at radius 1 is 0.547 bits per heavy atom. The Bertz CT molecular complexity index is 4870. The smallest absolute Gasteiger partial charge is 0.317 e. The number of aliphatic hydroxyl groups is 1. The number of aromatic amines is 1. The number of hydrogen-bond acceptors (Lipinski definition) is 28. The maximum absolute atomic E-state index is 15.2. The lowest BCUT2D eigenvalue weighted by molar-refractivity contribution is -0.143. The average Bonchev–Trinajstić information content (AvgIpc) is 1.66. The number of aromatic nitrogens is 1. The number of carboxylic acid groups (broad SMARTS) is 4. The molecule has 0 unspecified atom stereocenters. The Kier molecular flexibility index (Phi) is 63.0. The molecule has 15 amide bonds. The van der Waals surface area contributed by atoms with Crippen molar-refractivity contribution in [3.63, 3.8) is 0 Å². The summed E-state index contributed by atoms with van der Waals surface area (Å²) in [5.74, 6) is -17.7. The fourth-order valence-corrected chi connectivity index (χ4v) is 18.8. The van der Waals surface area contributed by atoms with E-state index >= 15 is 9.59 Å². The van der Waals surface area contributed by atoms with E-state index in [4.69, 9.17) is 37.2 Å². The number of aryl methyl sites for hydroxylation is 1. The number of primary amides is 1. The van der Waals surface area contributed by atoms with Crippen LogP contribution >= 0.6 is 21.6 Å². The zero-order chi connectivity index (χ0) is 110. The molecular formula is C100H156N22O26S2. The minimum Gasteiger partial charge on any atom is -0.481 e. The summed E-state index contributed by atoms with van der Waals surface area (Å²) in [5.41, 5.74) is 20.2. The van der Waals surface area contributed by atoms with Crippen LogP contribution in [0.25, 0.3) is 10.9 Å². The Labute approximate surface area is 881 Å².